The van der Waals surface area contributed by atoms with Crippen molar-refractivity contribution in [1.29, 1.82) is 0 Å². The average molecular weight is 173 g/mol. The van der Waals surface area contributed by atoms with Crippen LogP contribution in [0.1, 0.15) is 27.7 Å². The monoisotopic (exact) mass is 173 g/mol. The van der Waals surface area contributed by atoms with Crippen molar-refractivity contribution in [2.45, 2.75) is 39.4 Å². The number of amides is 1. The highest BCUT2D eigenvalue weighted by molar-refractivity contribution is 5.81. The number of likely N-dealkylation sites (N-methyl/N-ethyl adjacent to an activating group) is 1. The highest BCUT2D eigenvalue weighted by Gasteiger charge is 2.18. The standard InChI is InChI=1S/C8H19N3O/c1-5-10-6(2)7(12)11-8(3,4)9/h6,10H,5,9H2,1-4H3,(H,11,12)/t6-/m0/s1. The summed E-state index contributed by atoms with van der Waals surface area (Å²) in [7, 11) is 0. The SMILES string of the molecule is CCN[C@@H](C)C(=O)NC(C)(C)N. The molecule has 1 amide bonds. The maximum Gasteiger partial charge on any atom is 0.238 e. The van der Waals surface area contributed by atoms with Gasteiger partial charge in [-0.2, -0.15) is 0 Å². The summed E-state index contributed by atoms with van der Waals surface area (Å²) in [6, 6.07) is -0.183. The van der Waals surface area contributed by atoms with Crippen molar-refractivity contribution in [2.24, 2.45) is 5.73 Å². The van der Waals surface area contributed by atoms with Crippen LogP contribution in [0.3, 0.4) is 0 Å². The molecule has 0 unspecified atom stereocenters. The molecule has 0 aliphatic carbocycles. The lowest BCUT2D eigenvalue weighted by molar-refractivity contribution is -0.124. The maximum absolute atomic E-state index is 11.3. The zero-order chi connectivity index (χ0) is 9.78. The first kappa shape index (κ1) is 11.4. The lowest BCUT2D eigenvalue weighted by atomic mass is 10.2. The molecule has 0 spiro atoms. The van der Waals surface area contributed by atoms with Crippen LogP contribution in [0.25, 0.3) is 0 Å². The molecule has 0 aromatic heterocycles. The number of carbonyl (C=O) groups is 1. The Labute approximate surface area is 73.9 Å². The summed E-state index contributed by atoms with van der Waals surface area (Å²) in [6.07, 6.45) is 0. The minimum atomic E-state index is -0.638. The van der Waals surface area contributed by atoms with Crippen molar-refractivity contribution in [1.82, 2.24) is 10.6 Å². The van der Waals surface area contributed by atoms with Gasteiger partial charge in [0.15, 0.2) is 0 Å². The number of nitrogens with one attached hydrogen (secondary N) is 2. The summed E-state index contributed by atoms with van der Waals surface area (Å²) in [5.41, 5.74) is 4.97. The molecule has 0 saturated carbocycles. The van der Waals surface area contributed by atoms with Crippen LogP contribution in [0.2, 0.25) is 0 Å². The van der Waals surface area contributed by atoms with Crippen LogP contribution in [0, 0.1) is 0 Å². The Morgan fingerprint density at radius 1 is 1.58 bits per heavy atom. The van der Waals surface area contributed by atoms with Crippen LogP contribution >= 0.6 is 0 Å². The Morgan fingerprint density at radius 3 is 2.42 bits per heavy atom. The normalized spacial score (nSPS) is 14.1. The third-order valence-corrected chi connectivity index (χ3v) is 1.35. The molecule has 0 aromatic rings. The molecule has 4 N–H and O–H groups in total. The number of carbonyl (C=O) groups excluding carboxylic acids is 1. The van der Waals surface area contributed by atoms with E-state index in [4.69, 9.17) is 5.73 Å². The van der Waals surface area contributed by atoms with Gasteiger partial charge in [-0.25, -0.2) is 0 Å². The van der Waals surface area contributed by atoms with Gasteiger partial charge in [0.1, 0.15) is 0 Å². The highest BCUT2D eigenvalue weighted by atomic mass is 16.2. The van der Waals surface area contributed by atoms with E-state index >= 15 is 0 Å². The molecule has 0 radical (unpaired) electrons. The fraction of sp³-hybridized carbons (Fsp3) is 0.875. The summed E-state index contributed by atoms with van der Waals surface area (Å²) in [5, 5.41) is 5.68. The van der Waals surface area contributed by atoms with Gasteiger partial charge in [0.2, 0.25) is 5.91 Å². The van der Waals surface area contributed by atoms with Crippen molar-refractivity contribution in [3.63, 3.8) is 0 Å². The van der Waals surface area contributed by atoms with Crippen LogP contribution in [-0.4, -0.2) is 24.2 Å². The fourth-order valence-corrected chi connectivity index (χ4v) is 0.825. The Balaban J connectivity index is 3.87. The zero-order valence-corrected chi connectivity index (χ0v) is 8.27. The second-order valence-electron chi connectivity index (χ2n) is 3.49. The van der Waals surface area contributed by atoms with E-state index in [0.29, 0.717) is 0 Å². The third-order valence-electron chi connectivity index (χ3n) is 1.35. The van der Waals surface area contributed by atoms with Crippen molar-refractivity contribution in [3.8, 4) is 0 Å². The molecule has 0 aliphatic rings. The lowest BCUT2D eigenvalue weighted by Gasteiger charge is -2.23. The number of rotatable bonds is 4. The van der Waals surface area contributed by atoms with Gasteiger partial charge in [-0.05, 0) is 27.3 Å². The fourth-order valence-electron chi connectivity index (χ4n) is 0.825. The first-order chi connectivity index (χ1) is 5.37. The van der Waals surface area contributed by atoms with Crippen LogP contribution in [0.15, 0.2) is 0 Å². The summed E-state index contributed by atoms with van der Waals surface area (Å²) < 4.78 is 0. The van der Waals surface area contributed by atoms with Gasteiger partial charge in [-0.3, -0.25) is 4.79 Å². The Bertz CT molecular complexity index is 151. The summed E-state index contributed by atoms with van der Waals surface area (Å²) in [6.45, 7) is 8.05. The van der Waals surface area contributed by atoms with Crippen molar-refractivity contribution < 1.29 is 4.79 Å². The lowest BCUT2D eigenvalue weighted by Crippen LogP contribution is -2.55. The van der Waals surface area contributed by atoms with E-state index in [2.05, 4.69) is 10.6 Å². The van der Waals surface area contributed by atoms with E-state index < -0.39 is 5.66 Å². The summed E-state index contributed by atoms with van der Waals surface area (Å²) >= 11 is 0. The molecule has 0 heterocycles. The van der Waals surface area contributed by atoms with Crippen LogP contribution in [0.4, 0.5) is 0 Å². The van der Waals surface area contributed by atoms with Crippen LogP contribution in [-0.2, 0) is 4.79 Å². The predicted molar refractivity (Wildman–Crippen MR) is 49.5 cm³/mol. The Morgan fingerprint density at radius 2 is 2.08 bits per heavy atom. The quantitative estimate of drug-likeness (QED) is 0.516. The van der Waals surface area contributed by atoms with Crippen molar-refractivity contribution in [2.75, 3.05) is 6.54 Å². The van der Waals surface area contributed by atoms with Crippen molar-refractivity contribution in [3.05, 3.63) is 0 Å². The molecule has 1 atom stereocenters. The third kappa shape index (κ3) is 5.09. The maximum atomic E-state index is 11.3. The molecule has 0 fully saturated rings. The molecule has 0 saturated heterocycles. The molecule has 0 aliphatic heterocycles. The number of nitrogens with two attached hydrogens (primary N) is 1. The Hall–Kier alpha value is -0.610. The molecule has 72 valence electrons. The van der Waals surface area contributed by atoms with E-state index in [1.54, 1.807) is 13.8 Å². The van der Waals surface area contributed by atoms with Gasteiger partial charge in [0, 0.05) is 0 Å². The molecule has 0 rings (SSSR count). The molecular formula is C8H19N3O. The van der Waals surface area contributed by atoms with E-state index in [-0.39, 0.29) is 11.9 Å². The van der Waals surface area contributed by atoms with Gasteiger partial charge in [0.25, 0.3) is 0 Å². The summed E-state index contributed by atoms with van der Waals surface area (Å²) in [5.74, 6) is -0.0654. The van der Waals surface area contributed by atoms with Gasteiger partial charge < -0.3 is 16.4 Å². The molecule has 0 aromatic carbocycles. The smallest absolute Gasteiger partial charge is 0.238 e. The van der Waals surface area contributed by atoms with Crippen LogP contribution < -0.4 is 16.4 Å². The summed E-state index contributed by atoms with van der Waals surface area (Å²) in [4.78, 5) is 11.3. The topological polar surface area (TPSA) is 67.2 Å². The Kier molecular flexibility index (Phi) is 4.20. The zero-order valence-electron chi connectivity index (χ0n) is 8.27. The number of hydrogen-bond acceptors (Lipinski definition) is 3. The first-order valence-corrected chi connectivity index (χ1v) is 4.21. The molecule has 12 heavy (non-hydrogen) atoms. The predicted octanol–water partition coefficient (Wildman–Crippen LogP) is -0.205. The van der Waals surface area contributed by atoms with Crippen molar-refractivity contribution >= 4 is 5.91 Å². The van der Waals surface area contributed by atoms with Gasteiger partial charge in [-0.1, -0.05) is 6.92 Å². The number of hydrogen-bond donors (Lipinski definition) is 3. The van der Waals surface area contributed by atoms with Gasteiger partial charge in [-0.15, -0.1) is 0 Å². The van der Waals surface area contributed by atoms with E-state index in [1.807, 2.05) is 13.8 Å². The molecule has 0 bridgehead atoms. The largest absolute Gasteiger partial charge is 0.337 e. The molecule has 4 heteroatoms. The van der Waals surface area contributed by atoms with Gasteiger partial charge >= 0.3 is 0 Å². The minimum absolute atomic E-state index is 0.0654. The van der Waals surface area contributed by atoms with Gasteiger partial charge in [0.05, 0.1) is 11.7 Å². The molecular weight excluding hydrogens is 154 g/mol. The first-order valence-electron chi connectivity index (χ1n) is 4.21. The van der Waals surface area contributed by atoms with E-state index in [1.165, 1.54) is 0 Å². The van der Waals surface area contributed by atoms with Crippen LogP contribution in [0.5, 0.6) is 0 Å². The molecule has 4 nitrogen and oxygen atoms in total. The second kappa shape index (κ2) is 4.42. The highest BCUT2D eigenvalue weighted by Crippen LogP contribution is 1.91. The second-order valence-corrected chi connectivity index (χ2v) is 3.49. The minimum Gasteiger partial charge on any atom is -0.337 e. The van der Waals surface area contributed by atoms with E-state index in [0.717, 1.165) is 6.54 Å². The average Bonchev–Trinajstić information content (AvgIpc) is 1.84. The van der Waals surface area contributed by atoms with E-state index in [9.17, 15) is 4.79 Å².